The average molecular weight is 344 g/mol. The quantitative estimate of drug-likeness (QED) is 0.811. The fourth-order valence-corrected chi connectivity index (χ4v) is 3.61. The number of hydrogen-bond acceptors (Lipinski definition) is 4. The molecule has 1 aromatic carbocycles. The van der Waals surface area contributed by atoms with E-state index < -0.39 is 0 Å². The Labute approximate surface area is 138 Å². The van der Waals surface area contributed by atoms with Crippen molar-refractivity contribution >= 4 is 52.1 Å². The number of hydrogen-bond donors (Lipinski definition) is 2. The molecule has 7 heteroatoms. The van der Waals surface area contributed by atoms with E-state index in [0.29, 0.717) is 21.4 Å². The Balaban J connectivity index is 0.00000161. The number of amides is 1. The van der Waals surface area contributed by atoms with Crippen molar-refractivity contribution in [3.8, 4) is 0 Å². The third kappa shape index (κ3) is 3.48. The minimum absolute atomic E-state index is 0. The van der Waals surface area contributed by atoms with E-state index >= 15 is 0 Å². The summed E-state index contributed by atoms with van der Waals surface area (Å²) in [6.45, 7) is 0. The number of anilines is 2. The Morgan fingerprint density at radius 3 is 2.81 bits per heavy atom. The molecule has 0 radical (unpaired) electrons. The van der Waals surface area contributed by atoms with Gasteiger partial charge in [-0.25, -0.2) is 4.98 Å². The third-order valence-corrected chi connectivity index (χ3v) is 4.69. The molecule has 0 atom stereocenters. The lowest BCUT2D eigenvalue weighted by Gasteiger charge is -2.06. The fourth-order valence-electron chi connectivity index (χ4n) is 2.29. The summed E-state index contributed by atoms with van der Waals surface area (Å²) in [5, 5.41) is 3.82. The first-order valence-corrected chi connectivity index (χ1v) is 7.68. The molecule has 1 heterocycles. The van der Waals surface area contributed by atoms with Crippen molar-refractivity contribution in [1.29, 1.82) is 0 Å². The monoisotopic (exact) mass is 343 g/mol. The molecule has 0 saturated carbocycles. The SMILES string of the molecule is Cl.Nc1ccc(C(=O)Nc2nc3c(s2)CCCC3)c(Cl)c1. The second-order valence-electron chi connectivity index (χ2n) is 4.79. The van der Waals surface area contributed by atoms with Crippen LogP contribution in [-0.2, 0) is 12.8 Å². The standard InChI is InChI=1S/C14H14ClN3OS.ClH/c15-10-7-8(16)5-6-9(10)13(19)18-14-17-11-3-1-2-4-12(11)20-14;/h5-7H,1-4,16H2,(H,17,18,19);1H. The third-order valence-electron chi connectivity index (χ3n) is 3.30. The molecule has 1 aliphatic carbocycles. The van der Waals surface area contributed by atoms with Crippen molar-refractivity contribution in [2.75, 3.05) is 11.1 Å². The summed E-state index contributed by atoms with van der Waals surface area (Å²) in [5.41, 5.74) is 7.69. The fraction of sp³-hybridized carbons (Fsp3) is 0.286. The van der Waals surface area contributed by atoms with Crippen LogP contribution in [0.15, 0.2) is 18.2 Å². The molecule has 1 aromatic heterocycles. The predicted molar refractivity (Wildman–Crippen MR) is 89.8 cm³/mol. The van der Waals surface area contributed by atoms with Crippen molar-refractivity contribution in [2.24, 2.45) is 0 Å². The summed E-state index contributed by atoms with van der Waals surface area (Å²) in [6, 6.07) is 4.86. The van der Waals surface area contributed by atoms with Crippen LogP contribution in [0.3, 0.4) is 0 Å². The number of carbonyl (C=O) groups excluding carboxylic acids is 1. The van der Waals surface area contributed by atoms with Gasteiger partial charge in [0, 0.05) is 10.6 Å². The molecule has 0 spiro atoms. The molecule has 0 fully saturated rings. The molecule has 112 valence electrons. The Morgan fingerprint density at radius 1 is 1.33 bits per heavy atom. The molecule has 1 aliphatic rings. The Hall–Kier alpha value is -1.30. The van der Waals surface area contributed by atoms with Crippen LogP contribution in [-0.4, -0.2) is 10.9 Å². The molecule has 3 rings (SSSR count). The highest BCUT2D eigenvalue weighted by atomic mass is 35.5. The number of nitrogens with two attached hydrogens (primary N) is 1. The number of thiazole rings is 1. The van der Waals surface area contributed by atoms with E-state index in [1.54, 1.807) is 29.5 Å². The van der Waals surface area contributed by atoms with Gasteiger partial charge < -0.3 is 5.73 Å². The summed E-state index contributed by atoms with van der Waals surface area (Å²) in [5.74, 6) is -0.249. The number of benzene rings is 1. The molecular weight excluding hydrogens is 329 g/mol. The van der Waals surface area contributed by atoms with Crippen molar-refractivity contribution in [1.82, 2.24) is 4.98 Å². The van der Waals surface area contributed by atoms with Gasteiger partial charge >= 0.3 is 0 Å². The van der Waals surface area contributed by atoms with Crippen LogP contribution in [0.4, 0.5) is 10.8 Å². The van der Waals surface area contributed by atoms with E-state index in [9.17, 15) is 4.79 Å². The Morgan fingerprint density at radius 2 is 2.10 bits per heavy atom. The van der Waals surface area contributed by atoms with Gasteiger partial charge in [0.25, 0.3) is 5.91 Å². The van der Waals surface area contributed by atoms with Crippen molar-refractivity contribution in [2.45, 2.75) is 25.7 Å². The maximum absolute atomic E-state index is 12.2. The second-order valence-corrected chi connectivity index (χ2v) is 6.28. The first kappa shape index (κ1) is 16.1. The van der Waals surface area contributed by atoms with Crippen LogP contribution in [0.5, 0.6) is 0 Å². The van der Waals surface area contributed by atoms with Crippen LogP contribution in [0, 0.1) is 0 Å². The maximum Gasteiger partial charge on any atom is 0.258 e. The van der Waals surface area contributed by atoms with Crippen LogP contribution in [0.25, 0.3) is 0 Å². The average Bonchev–Trinajstić information content (AvgIpc) is 2.80. The van der Waals surface area contributed by atoms with Crippen LogP contribution in [0.2, 0.25) is 5.02 Å². The van der Waals surface area contributed by atoms with Gasteiger partial charge in [-0.05, 0) is 43.9 Å². The second kappa shape index (κ2) is 6.64. The lowest BCUT2D eigenvalue weighted by molar-refractivity contribution is 0.102. The van der Waals surface area contributed by atoms with Gasteiger partial charge in [-0.15, -0.1) is 23.7 Å². The Bertz CT molecular complexity index is 649. The molecule has 2 aromatic rings. The smallest absolute Gasteiger partial charge is 0.258 e. The number of fused-ring (bicyclic) bond motifs is 1. The lowest BCUT2D eigenvalue weighted by Crippen LogP contribution is -2.12. The highest BCUT2D eigenvalue weighted by Gasteiger charge is 2.17. The Kier molecular flexibility index (Phi) is 5.08. The molecule has 0 saturated heterocycles. The summed E-state index contributed by atoms with van der Waals surface area (Å²) in [6.07, 6.45) is 4.44. The number of halogens is 2. The van der Waals surface area contributed by atoms with Gasteiger partial charge in [0.2, 0.25) is 0 Å². The maximum atomic E-state index is 12.2. The molecule has 0 aliphatic heterocycles. The number of rotatable bonds is 2. The number of nitrogens with zero attached hydrogens (tertiary/aromatic N) is 1. The van der Waals surface area contributed by atoms with Gasteiger partial charge in [0.15, 0.2) is 5.13 Å². The normalized spacial score (nSPS) is 13.2. The van der Waals surface area contributed by atoms with Gasteiger partial charge in [-0.2, -0.15) is 0 Å². The molecule has 0 unspecified atom stereocenters. The molecule has 0 bridgehead atoms. The summed E-state index contributed by atoms with van der Waals surface area (Å²) in [7, 11) is 0. The minimum Gasteiger partial charge on any atom is -0.399 e. The first-order chi connectivity index (χ1) is 9.63. The van der Waals surface area contributed by atoms with Gasteiger partial charge in [0.1, 0.15) is 0 Å². The van der Waals surface area contributed by atoms with E-state index in [0.717, 1.165) is 18.5 Å². The minimum atomic E-state index is -0.249. The zero-order chi connectivity index (χ0) is 14.1. The number of aromatic nitrogens is 1. The number of nitrogens with one attached hydrogen (secondary N) is 1. The lowest BCUT2D eigenvalue weighted by atomic mass is 10.0. The van der Waals surface area contributed by atoms with Crippen LogP contribution < -0.4 is 11.1 Å². The number of nitrogen functional groups attached to an aromatic ring is 1. The summed E-state index contributed by atoms with van der Waals surface area (Å²) < 4.78 is 0. The highest BCUT2D eigenvalue weighted by Crippen LogP contribution is 2.30. The van der Waals surface area contributed by atoms with E-state index in [2.05, 4.69) is 10.3 Å². The number of aryl methyl sites for hydroxylation is 2. The van der Waals surface area contributed by atoms with E-state index in [4.69, 9.17) is 17.3 Å². The van der Waals surface area contributed by atoms with Crippen LogP contribution in [0.1, 0.15) is 33.8 Å². The van der Waals surface area contributed by atoms with E-state index in [1.807, 2.05) is 0 Å². The van der Waals surface area contributed by atoms with Crippen molar-refractivity contribution in [3.63, 3.8) is 0 Å². The molecule has 3 N–H and O–H groups in total. The van der Waals surface area contributed by atoms with Crippen LogP contribution >= 0.6 is 35.3 Å². The zero-order valence-corrected chi connectivity index (χ0v) is 13.6. The number of carbonyl (C=O) groups is 1. The van der Waals surface area contributed by atoms with Gasteiger partial charge in [-0.1, -0.05) is 11.6 Å². The van der Waals surface area contributed by atoms with Gasteiger partial charge in [0.05, 0.1) is 16.3 Å². The van der Waals surface area contributed by atoms with E-state index in [-0.39, 0.29) is 18.3 Å². The predicted octanol–water partition coefficient (Wildman–Crippen LogP) is 3.93. The summed E-state index contributed by atoms with van der Waals surface area (Å²) in [4.78, 5) is 18.0. The van der Waals surface area contributed by atoms with Crippen molar-refractivity contribution in [3.05, 3.63) is 39.4 Å². The zero-order valence-electron chi connectivity index (χ0n) is 11.2. The van der Waals surface area contributed by atoms with E-state index in [1.165, 1.54) is 17.7 Å². The largest absolute Gasteiger partial charge is 0.399 e. The molecule has 21 heavy (non-hydrogen) atoms. The first-order valence-electron chi connectivity index (χ1n) is 6.48. The topological polar surface area (TPSA) is 68.0 Å². The molecular formula is C14H15Cl2N3OS. The van der Waals surface area contributed by atoms with Gasteiger partial charge in [-0.3, -0.25) is 10.1 Å². The highest BCUT2D eigenvalue weighted by molar-refractivity contribution is 7.15. The van der Waals surface area contributed by atoms with Crippen molar-refractivity contribution < 1.29 is 4.79 Å². The molecule has 1 amide bonds. The summed E-state index contributed by atoms with van der Waals surface area (Å²) >= 11 is 7.59. The molecule has 4 nitrogen and oxygen atoms in total.